The van der Waals surface area contributed by atoms with Crippen LogP contribution in [-0.4, -0.2) is 23.1 Å². The van der Waals surface area contributed by atoms with E-state index in [9.17, 15) is 0 Å². The van der Waals surface area contributed by atoms with E-state index >= 15 is 0 Å². The number of rotatable bonds is 1. The number of aromatic nitrogens is 2. The molecule has 14 heavy (non-hydrogen) atoms. The molecule has 1 N–H and O–H groups in total. The second-order valence-electron chi connectivity index (χ2n) is 3.15. The Morgan fingerprint density at radius 2 is 1.86 bits per heavy atom. The molecular weight excluding hydrogens is 221 g/mol. The lowest BCUT2D eigenvalue weighted by Gasteiger charge is -2.21. The Hall–Kier alpha value is -0.380. The van der Waals surface area contributed by atoms with E-state index in [4.69, 9.17) is 0 Å². The van der Waals surface area contributed by atoms with Crippen molar-refractivity contribution in [3.63, 3.8) is 0 Å². The van der Waals surface area contributed by atoms with Gasteiger partial charge >= 0.3 is 0 Å². The highest BCUT2D eigenvalue weighted by atomic mass is 35.5. The Kier molecular flexibility index (Phi) is 6.79. The minimum absolute atomic E-state index is 0. The van der Waals surface area contributed by atoms with Crippen LogP contribution in [0.3, 0.4) is 0 Å². The van der Waals surface area contributed by atoms with E-state index < -0.39 is 0 Å². The summed E-state index contributed by atoms with van der Waals surface area (Å²) < 4.78 is 0. The van der Waals surface area contributed by atoms with Gasteiger partial charge in [0.2, 0.25) is 0 Å². The molecule has 3 nitrogen and oxygen atoms in total. The maximum atomic E-state index is 4.31. The number of hydrogen-bond acceptors (Lipinski definition) is 3. The first-order valence-electron chi connectivity index (χ1n) is 4.43. The average molecular weight is 236 g/mol. The van der Waals surface area contributed by atoms with Gasteiger partial charge in [-0.15, -0.1) is 24.8 Å². The molecule has 0 aromatic carbocycles. The van der Waals surface area contributed by atoms with Gasteiger partial charge in [0, 0.05) is 24.5 Å². The van der Waals surface area contributed by atoms with Crippen molar-refractivity contribution >= 4 is 24.8 Å². The summed E-state index contributed by atoms with van der Waals surface area (Å²) in [5.74, 6) is 0.625. The highest BCUT2D eigenvalue weighted by molar-refractivity contribution is 5.85. The van der Waals surface area contributed by atoms with Crippen LogP contribution in [0.4, 0.5) is 0 Å². The third-order valence-electron chi connectivity index (χ3n) is 2.34. The fourth-order valence-corrected chi connectivity index (χ4v) is 1.64. The molecule has 0 unspecified atom stereocenters. The topological polar surface area (TPSA) is 37.8 Å². The lowest BCUT2D eigenvalue weighted by atomic mass is 9.95. The van der Waals surface area contributed by atoms with E-state index in [0.29, 0.717) is 5.92 Å². The number of nitrogens with one attached hydrogen (secondary N) is 1. The summed E-state index contributed by atoms with van der Waals surface area (Å²) >= 11 is 0. The lowest BCUT2D eigenvalue weighted by Crippen LogP contribution is -2.27. The number of hydrogen-bond donors (Lipinski definition) is 1. The minimum Gasteiger partial charge on any atom is -0.317 e. The number of halogens is 2. The van der Waals surface area contributed by atoms with E-state index in [0.717, 1.165) is 18.8 Å². The molecular formula is C9H15Cl2N3. The normalized spacial score (nSPS) is 16.6. The molecule has 2 heterocycles. The SMILES string of the molecule is Cl.Cl.c1cnc(C2CCNCC2)cn1. The third kappa shape index (κ3) is 3.40. The van der Waals surface area contributed by atoms with Gasteiger partial charge in [0.15, 0.2) is 0 Å². The highest BCUT2D eigenvalue weighted by Crippen LogP contribution is 2.21. The summed E-state index contributed by atoms with van der Waals surface area (Å²) in [6.45, 7) is 2.22. The van der Waals surface area contributed by atoms with Crippen molar-refractivity contribution in [1.82, 2.24) is 15.3 Å². The van der Waals surface area contributed by atoms with Crippen molar-refractivity contribution in [2.24, 2.45) is 0 Å². The van der Waals surface area contributed by atoms with Gasteiger partial charge in [-0.25, -0.2) is 0 Å². The summed E-state index contributed by atoms with van der Waals surface area (Å²) in [4.78, 5) is 8.39. The van der Waals surface area contributed by atoms with E-state index in [-0.39, 0.29) is 24.8 Å². The molecule has 1 fully saturated rings. The largest absolute Gasteiger partial charge is 0.317 e. The quantitative estimate of drug-likeness (QED) is 0.807. The predicted molar refractivity (Wildman–Crippen MR) is 61.4 cm³/mol. The molecule has 1 aromatic rings. The molecule has 0 bridgehead atoms. The zero-order chi connectivity index (χ0) is 8.23. The molecule has 0 atom stereocenters. The fourth-order valence-electron chi connectivity index (χ4n) is 1.64. The van der Waals surface area contributed by atoms with E-state index in [1.807, 2.05) is 6.20 Å². The molecule has 0 radical (unpaired) electrons. The number of nitrogens with zero attached hydrogens (tertiary/aromatic N) is 2. The zero-order valence-corrected chi connectivity index (χ0v) is 9.48. The average Bonchev–Trinajstić information content (AvgIpc) is 2.21. The second kappa shape index (κ2) is 6.98. The summed E-state index contributed by atoms with van der Waals surface area (Å²) in [7, 11) is 0. The van der Waals surface area contributed by atoms with Gasteiger partial charge in [-0.05, 0) is 25.9 Å². The van der Waals surface area contributed by atoms with Crippen LogP contribution in [0.25, 0.3) is 0 Å². The fraction of sp³-hybridized carbons (Fsp3) is 0.556. The molecule has 0 amide bonds. The van der Waals surface area contributed by atoms with Gasteiger partial charge in [-0.2, -0.15) is 0 Å². The Labute approximate surface area is 96.5 Å². The van der Waals surface area contributed by atoms with E-state index in [2.05, 4.69) is 15.3 Å². The first-order valence-corrected chi connectivity index (χ1v) is 4.43. The standard InChI is InChI=1S/C9H13N3.2ClH/c1-3-10-4-2-8(1)9-7-11-5-6-12-9;;/h5-8,10H,1-4H2;2*1H. The molecule has 1 aliphatic heterocycles. The van der Waals surface area contributed by atoms with Gasteiger partial charge < -0.3 is 5.32 Å². The van der Waals surface area contributed by atoms with Crippen LogP contribution in [0.5, 0.6) is 0 Å². The van der Waals surface area contributed by atoms with Crippen LogP contribution in [-0.2, 0) is 0 Å². The molecule has 1 saturated heterocycles. The minimum atomic E-state index is 0. The van der Waals surface area contributed by atoms with Gasteiger partial charge in [0.25, 0.3) is 0 Å². The van der Waals surface area contributed by atoms with E-state index in [1.54, 1.807) is 12.4 Å². The second-order valence-corrected chi connectivity index (χ2v) is 3.15. The molecule has 0 aliphatic carbocycles. The number of piperidine rings is 1. The van der Waals surface area contributed by atoms with Crippen LogP contribution >= 0.6 is 24.8 Å². The molecule has 2 rings (SSSR count). The third-order valence-corrected chi connectivity index (χ3v) is 2.34. The molecule has 0 spiro atoms. The van der Waals surface area contributed by atoms with Crippen molar-refractivity contribution < 1.29 is 0 Å². The highest BCUT2D eigenvalue weighted by Gasteiger charge is 2.15. The smallest absolute Gasteiger partial charge is 0.0618 e. The van der Waals surface area contributed by atoms with Crippen molar-refractivity contribution in [3.8, 4) is 0 Å². The van der Waals surface area contributed by atoms with Crippen molar-refractivity contribution in [2.75, 3.05) is 13.1 Å². The Balaban J connectivity index is 0.000000845. The van der Waals surface area contributed by atoms with Crippen LogP contribution in [0.2, 0.25) is 0 Å². The van der Waals surface area contributed by atoms with Gasteiger partial charge in [-0.1, -0.05) is 0 Å². The summed E-state index contributed by atoms with van der Waals surface area (Å²) in [6, 6.07) is 0. The van der Waals surface area contributed by atoms with Crippen LogP contribution in [0.1, 0.15) is 24.5 Å². The first kappa shape index (κ1) is 13.6. The molecule has 80 valence electrons. The predicted octanol–water partition coefficient (Wildman–Crippen LogP) is 1.79. The monoisotopic (exact) mass is 235 g/mol. The van der Waals surface area contributed by atoms with Crippen molar-refractivity contribution in [1.29, 1.82) is 0 Å². The summed E-state index contributed by atoms with van der Waals surface area (Å²) in [6.07, 6.45) is 7.77. The van der Waals surface area contributed by atoms with Crippen LogP contribution < -0.4 is 5.32 Å². The van der Waals surface area contributed by atoms with Crippen molar-refractivity contribution in [2.45, 2.75) is 18.8 Å². The van der Waals surface area contributed by atoms with E-state index in [1.165, 1.54) is 12.8 Å². The van der Waals surface area contributed by atoms with Gasteiger partial charge in [-0.3, -0.25) is 9.97 Å². The summed E-state index contributed by atoms with van der Waals surface area (Å²) in [5, 5.41) is 3.34. The Morgan fingerprint density at radius 1 is 1.14 bits per heavy atom. The maximum Gasteiger partial charge on any atom is 0.0618 e. The van der Waals surface area contributed by atoms with Crippen LogP contribution in [0.15, 0.2) is 18.6 Å². The molecule has 0 saturated carbocycles. The van der Waals surface area contributed by atoms with Gasteiger partial charge in [0.1, 0.15) is 0 Å². The van der Waals surface area contributed by atoms with Crippen molar-refractivity contribution in [3.05, 3.63) is 24.3 Å². The molecule has 1 aliphatic rings. The van der Waals surface area contributed by atoms with Gasteiger partial charge in [0.05, 0.1) is 5.69 Å². The summed E-state index contributed by atoms with van der Waals surface area (Å²) in [5.41, 5.74) is 1.15. The lowest BCUT2D eigenvalue weighted by molar-refractivity contribution is 0.452. The Morgan fingerprint density at radius 3 is 2.43 bits per heavy atom. The Bertz CT molecular complexity index is 237. The van der Waals surface area contributed by atoms with Crippen LogP contribution in [0, 0.1) is 0 Å². The first-order chi connectivity index (χ1) is 5.97. The zero-order valence-electron chi connectivity index (χ0n) is 7.85. The molecule has 5 heteroatoms. The molecule has 1 aromatic heterocycles. The maximum absolute atomic E-state index is 4.31.